The lowest BCUT2D eigenvalue weighted by molar-refractivity contribution is -0.131. The lowest BCUT2D eigenvalue weighted by atomic mass is 10.0. The van der Waals surface area contributed by atoms with Gasteiger partial charge in [-0.2, -0.15) is 0 Å². The van der Waals surface area contributed by atoms with Crippen molar-refractivity contribution in [3.8, 4) is 11.5 Å². The Hall–Kier alpha value is -2.49. The first kappa shape index (κ1) is 17.3. The van der Waals surface area contributed by atoms with Gasteiger partial charge in [-0.15, -0.1) is 0 Å². The first-order valence-corrected chi connectivity index (χ1v) is 8.86. The number of hydrogen-bond donors (Lipinski definition) is 0. The fraction of sp³-hybridized carbons (Fsp3) is 0.381. The van der Waals surface area contributed by atoms with E-state index in [-0.39, 0.29) is 11.9 Å². The maximum Gasteiger partial charge on any atom is 0.227 e. The standard InChI is InChI=1S/C21H25NO3/c1-3-25-19-10-6-16(7-11-19)15-21(23)22-14-4-5-20(22)17-8-12-18(24-2)13-9-17/h6-13,20H,3-5,14-15H2,1-2H3. The molecule has 1 aliphatic rings. The predicted octanol–water partition coefficient (Wildman–Crippen LogP) is 4.00. The third-order valence-electron chi connectivity index (χ3n) is 4.66. The highest BCUT2D eigenvalue weighted by atomic mass is 16.5. The summed E-state index contributed by atoms with van der Waals surface area (Å²) in [4.78, 5) is 14.8. The molecule has 0 aromatic heterocycles. The lowest BCUT2D eigenvalue weighted by Crippen LogP contribution is -2.31. The van der Waals surface area contributed by atoms with Gasteiger partial charge in [-0.3, -0.25) is 4.79 Å². The highest BCUT2D eigenvalue weighted by Crippen LogP contribution is 2.33. The number of carbonyl (C=O) groups is 1. The van der Waals surface area contributed by atoms with E-state index in [1.807, 2.05) is 48.2 Å². The average molecular weight is 339 g/mol. The van der Waals surface area contributed by atoms with E-state index >= 15 is 0 Å². The monoisotopic (exact) mass is 339 g/mol. The highest BCUT2D eigenvalue weighted by Gasteiger charge is 2.29. The van der Waals surface area contributed by atoms with Gasteiger partial charge in [0.2, 0.25) is 5.91 Å². The zero-order chi connectivity index (χ0) is 17.6. The molecule has 2 aromatic rings. The molecular weight excluding hydrogens is 314 g/mol. The molecule has 4 nitrogen and oxygen atoms in total. The molecule has 2 aromatic carbocycles. The van der Waals surface area contributed by atoms with Gasteiger partial charge in [-0.05, 0) is 55.2 Å². The molecule has 132 valence electrons. The maximum atomic E-state index is 12.8. The van der Waals surface area contributed by atoms with Gasteiger partial charge < -0.3 is 14.4 Å². The van der Waals surface area contributed by atoms with Gasteiger partial charge in [0.15, 0.2) is 0 Å². The van der Waals surface area contributed by atoms with E-state index in [0.29, 0.717) is 13.0 Å². The molecule has 0 saturated carbocycles. The second kappa shape index (κ2) is 8.06. The third kappa shape index (κ3) is 4.13. The highest BCUT2D eigenvalue weighted by molar-refractivity contribution is 5.79. The molecule has 1 amide bonds. The summed E-state index contributed by atoms with van der Waals surface area (Å²) < 4.78 is 10.7. The fourth-order valence-corrected chi connectivity index (χ4v) is 3.38. The van der Waals surface area contributed by atoms with Crippen LogP contribution in [0.15, 0.2) is 48.5 Å². The molecular formula is C21H25NO3. The Labute approximate surface area is 149 Å². The zero-order valence-electron chi connectivity index (χ0n) is 14.9. The SMILES string of the molecule is CCOc1ccc(CC(=O)N2CCCC2c2ccc(OC)cc2)cc1. The summed E-state index contributed by atoms with van der Waals surface area (Å²) in [5.41, 5.74) is 2.20. The molecule has 25 heavy (non-hydrogen) atoms. The first-order valence-electron chi connectivity index (χ1n) is 8.86. The minimum Gasteiger partial charge on any atom is -0.497 e. The molecule has 0 spiro atoms. The number of hydrogen-bond acceptors (Lipinski definition) is 3. The molecule has 1 heterocycles. The van der Waals surface area contributed by atoms with Crippen molar-refractivity contribution in [2.24, 2.45) is 0 Å². The van der Waals surface area contributed by atoms with Gasteiger partial charge in [0.25, 0.3) is 0 Å². The van der Waals surface area contributed by atoms with Crippen LogP contribution in [0.2, 0.25) is 0 Å². The van der Waals surface area contributed by atoms with Crippen LogP contribution in [-0.4, -0.2) is 31.1 Å². The summed E-state index contributed by atoms with van der Waals surface area (Å²) in [6.07, 6.45) is 2.49. The van der Waals surface area contributed by atoms with Gasteiger partial charge in [-0.25, -0.2) is 0 Å². The molecule has 0 radical (unpaired) electrons. The molecule has 4 heteroatoms. The smallest absolute Gasteiger partial charge is 0.227 e. The molecule has 3 rings (SSSR count). The number of amides is 1. The first-order chi connectivity index (χ1) is 12.2. The largest absolute Gasteiger partial charge is 0.497 e. The summed E-state index contributed by atoms with van der Waals surface area (Å²) in [7, 11) is 1.66. The Bertz CT molecular complexity index is 694. The summed E-state index contributed by atoms with van der Waals surface area (Å²) in [5, 5.41) is 0. The number of nitrogens with zero attached hydrogens (tertiary/aromatic N) is 1. The number of ether oxygens (including phenoxy) is 2. The summed E-state index contributed by atoms with van der Waals surface area (Å²) in [6.45, 7) is 3.44. The normalized spacial score (nSPS) is 16.7. The number of rotatable bonds is 6. The van der Waals surface area contributed by atoms with Crippen LogP contribution in [0, 0.1) is 0 Å². The van der Waals surface area contributed by atoms with Crippen LogP contribution in [-0.2, 0) is 11.2 Å². The van der Waals surface area contributed by atoms with Crippen molar-refractivity contribution in [3.05, 3.63) is 59.7 Å². The Morgan fingerprint density at radius 2 is 1.76 bits per heavy atom. The van der Waals surface area contributed by atoms with Gasteiger partial charge in [-0.1, -0.05) is 24.3 Å². The molecule has 0 aliphatic carbocycles. The molecule has 0 N–H and O–H groups in total. The van der Waals surface area contributed by atoms with E-state index in [9.17, 15) is 4.79 Å². The van der Waals surface area contributed by atoms with E-state index in [4.69, 9.17) is 9.47 Å². The van der Waals surface area contributed by atoms with Crippen LogP contribution in [0.3, 0.4) is 0 Å². The molecule has 1 aliphatic heterocycles. The van der Waals surface area contributed by atoms with Gasteiger partial charge in [0.05, 0.1) is 26.2 Å². The Kier molecular flexibility index (Phi) is 5.59. The Morgan fingerprint density at radius 3 is 2.40 bits per heavy atom. The molecule has 1 atom stereocenters. The van der Waals surface area contributed by atoms with Crippen LogP contribution in [0.25, 0.3) is 0 Å². The lowest BCUT2D eigenvalue weighted by Gasteiger charge is -2.25. The Balaban J connectivity index is 1.67. The number of carbonyl (C=O) groups excluding carboxylic acids is 1. The van der Waals surface area contributed by atoms with Crippen LogP contribution in [0.4, 0.5) is 0 Å². The second-order valence-electron chi connectivity index (χ2n) is 6.27. The van der Waals surface area contributed by atoms with Crippen molar-refractivity contribution >= 4 is 5.91 Å². The summed E-state index contributed by atoms with van der Waals surface area (Å²) >= 11 is 0. The molecule has 1 fully saturated rings. The quantitative estimate of drug-likeness (QED) is 0.798. The van der Waals surface area contributed by atoms with Crippen LogP contribution >= 0.6 is 0 Å². The van der Waals surface area contributed by atoms with Crippen LogP contribution < -0.4 is 9.47 Å². The number of likely N-dealkylation sites (tertiary alicyclic amines) is 1. The number of methoxy groups -OCH3 is 1. The van der Waals surface area contributed by atoms with E-state index in [2.05, 4.69) is 12.1 Å². The van der Waals surface area contributed by atoms with Crippen molar-refractivity contribution in [1.29, 1.82) is 0 Å². The van der Waals surface area contributed by atoms with E-state index in [1.165, 1.54) is 5.56 Å². The average Bonchev–Trinajstić information content (AvgIpc) is 3.13. The van der Waals surface area contributed by atoms with Crippen LogP contribution in [0.5, 0.6) is 11.5 Å². The van der Waals surface area contributed by atoms with Crippen molar-refractivity contribution in [1.82, 2.24) is 4.90 Å². The molecule has 1 saturated heterocycles. The van der Waals surface area contributed by atoms with E-state index in [0.717, 1.165) is 36.4 Å². The van der Waals surface area contributed by atoms with Crippen molar-refractivity contribution in [2.45, 2.75) is 32.2 Å². The minimum absolute atomic E-state index is 0.168. The van der Waals surface area contributed by atoms with Crippen molar-refractivity contribution in [3.63, 3.8) is 0 Å². The van der Waals surface area contributed by atoms with Crippen LogP contribution in [0.1, 0.15) is 36.9 Å². The maximum absolute atomic E-state index is 12.8. The Morgan fingerprint density at radius 1 is 1.08 bits per heavy atom. The van der Waals surface area contributed by atoms with Gasteiger partial charge in [0.1, 0.15) is 11.5 Å². The summed E-state index contributed by atoms with van der Waals surface area (Å²) in [6, 6.07) is 16.0. The molecule has 1 unspecified atom stereocenters. The van der Waals surface area contributed by atoms with Gasteiger partial charge >= 0.3 is 0 Å². The van der Waals surface area contributed by atoms with Crippen molar-refractivity contribution < 1.29 is 14.3 Å². The fourth-order valence-electron chi connectivity index (χ4n) is 3.38. The van der Waals surface area contributed by atoms with E-state index < -0.39 is 0 Å². The third-order valence-corrected chi connectivity index (χ3v) is 4.66. The zero-order valence-corrected chi connectivity index (χ0v) is 14.9. The summed E-state index contributed by atoms with van der Waals surface area (Å²) in [5.74, 6) is 1.87. The number of benzene rings is 2. The van der Waals surface area contributed by atoms with E-state index in [1.54, 1.807) is 7.11 Å². The van der Waals surface area contributed by atoms with Crippen molar-refractivity contribution in [2.75, 3.05) is 20.3 Å². The topological polar surface area (TPSA) is 38.8 Å². The minimum atomic E-state index is 0.168. The second-order valence-corrected chi connectivity index (χ2v) is 6.27. The molecule has 0 bridgehead atoms. The van der Waals surface area contributed by atoms with Gasteiger partial charge in [0, 0.05) is 6.54 Å². The predicted molar refractivity (Wildman–Crippen MR) is 98.0 cm³/mol.